The van der Waals surface area contributed by atoms with Gasteiger partial charge in [0.05, 0.1) is 19.8 Å². The van der Waals surface area contributed by atoms with Crippen LogP contribution >= 0.6 is 7.82 Å². The maximum Gasteiger partial charge on any atom is 0.474 e. The Morgan fingerprint density at radius 2 is 2.04 bits per heavy atom. The monoisotopic (exact) mass is 342 g/mol. The molecule has 1 aromatic rings. The van der Waals surface area contributed by atoms with Crippen LogP contribution in [0, 0.1) is 0 Å². The predicted molar refractivity (Wildman–Crippen MR) is 89.2 cm³/mol. The second kappa shape index (κ2) is 9.50. The average Bonchev–Trinajstić information content (AvgIpc) is 2.56. The van der Waals surface area contributed by atoms with E-state index in [0.29, 0.717) is 32.4 Å². The van der Waals surface area contributed by atoms with E-state index in [0.717, 1.165) is 13.0 Å². The number of aromatic nitrogens is 1. The summed E-state index contributed by atoms with van der Waals surface area (Å²) in [7, 11) is -3.42. The molecule has 6 nitrogen and oxygen atoms in total. The molecule has 0 N–H and O–H groups in total. The van der Waals surface area contributed by atoms with E-state index in [1.165, 1.54) is 18.4 Å². The zero-order chi connectivity index (χ0) is 16.5. The average molecular weight is 342 g/mol. The highest BCUT2D eigenvalue weighted by atomic mass is 31.2. The third-order valence-corrected chi connectivity index (χ3v) is 5.53. The third-order valence-electron chi connectivity index (χ3n) is 3.89. The van der Waals surface area contributed by atoms with Gasteiger partial charge in [0.25, 0.3) is 0 Å². The van der Waals surface area contributed by atoms with Crippen molar-refractivity contribution in [3.63, 3.8) is 0 Å². The minimum Gasteiger partial charge on any atom is -0.294 e. The van der Waals surface area contributed by atoms with Gasteiger partial charge in [0.2, 0.25) is 0 Å². The lowest BCUT2D eigenvalue weighted by Gasteiger charge is -2.35. The normalized spacial score (nSPS) is 19.8. The molecule has 1 saturated heterocycles. The lowest BCUT2D eigenvalue weighted by atomic mass is 9.96. The van der Waals surface area contributed by atoms with Crippen LogP contribution in [0.3, 0.4) is 0 Å². The van der Waals surface area contributed by atoms with E-state index in [1.54, 1.807) is 20.0 Å². The first-order chi connectivity index (χ1) is 11.2. The van der Waals surface area contributed by atoms with Gasteiger partial charge in [-0.2, -0.15) is 0 Å². The van der Waals surface area contributed by atoms with E-state index >= 15 is 0 Å². The van der Waals surface area contributed by atoms with Crippen LogP contribution in [-0.4, -0.2) is 42.8 Å². The van der Waals surface area contributed by atoms with Crippen LogP contribution in [0.4, 0.5) is 0 Å². The number of phosphoric ester groups is 1. The summed E-state index contributed by atoms with van der Waals surface area (Å²) in [4.78, 5) is 6.58. The maximum atomic E-state index is 12.3. The number of hydrogen-bond acceptors (Lipinski definition) is 6. The maximum absolute atomic E-state index is 12.3. The van der Waals surface area contributed by atoms with E-state index in [9.17, 15) is 4.57 Å². The SMILES string of the molecule is CCOP(=O)(OCC)OCCN1CCCC[C@H]1c1cccnc1. The zero-order valence-electron chi connectivity index (χ0n) is 14.0. The smallest absolute Gasteiger partial charge is 0.294 e. The molecule has 1 aliphatic heterocycles. The van der Waals surface area contributed by atoms with Crippen molar-refractivity contribution in [2.24, 2.45) is 0 Å². The molecule has 1 aliphatic rings. The van der Waals surface area contributed by atoms with Crippen LogP contribution in [0.25, 0.3) is 0 Å². The van der Waals surface area contributed by atoms with Crippen LogP contribution in [0.15, 0.2) is 24.5 Å². The Hall–Kier alpha value is -0.780. The summed E-state index contributed by atoms with van der Waals surface area (Å²) in [6.07, 6.45) is 7.22. The molecule has 2 heterocycles. The summed E-state index contributed by atoms with van der Waals surface area (Å²) >= 11 is 0. The fourth-order valence-electron chi connectivity index (χ4n) is 2.91. The van der Waals surface area contributed by atoms with Crippen molar-refractivity contribution in [3.8, 4) is 0 Å². The molecular weight excluding hydrogens is 315 g/mol. The van der Waals surface area contributed by atoms with Crippen molar-refractivity contribution >= 4 is 7.82 Å². The number of nitrogens with zero attached hydrogens (tertiary/aromatic N) is 2. The number of phosphoric acid groups is 1. The lowest BCUT2D eigenvalue weighted by Crippen LogP contribution is -2.35. The number of rotatable bonds is 9. The Bertz CT molecular complexity index is 490. The van der Waals surface area contributed by atoms with Gasteiger partial charge in [0.1, 0.15) is 0 Å². The summed E-state index contributed by atoms with van der Waals surface area (Å²) in [6.45, 7) is 6.20. The Balaban J connectivity index is 1.91. The van der Waals surface area contributed by atoms with Crippen molar-refractivity contribution in [1.29, 1.82) is 0 Å². The van der Waals surface area contributed by atoms with E-state index in [-0.39, 0.29) is 0 Å². The van der Waals surface area contributed by atoms with Gasteiger partial charge in [-0.15, -0.1) is 0 Å². The molecule has 130 valence electrons. The first-order valence-corrected chi connectivity index (χ1v) is 9.82. The third kappa shape index (κ3) is 5.66. The van der Waals surface area contributed by atoms with Gasteiger partial charge in [0, 0.05) is 25.0 Å². The van der Waals surface area contributed by atoms with Gasteiger partial charge in [-0.25, -0.2) is 4.57 Å². The first-order valence-electron chi connectivity index (χ1n) is 8.36. The summed E-state index contributed by atoms with van der Waals surface area (Å²) in [6, 6.07) is 4.43. The van der Waals surface area contributed by atoms with Crippen molar-refractivity contribution in [2.75, 3.05) is 32.9 Å². The number of piperidine rings is 1. The van der Waals surface area contributed by atoms with E-state index in [4.69, 9.17) is 13.6 Å². The minimum absolute atomic E-state index is 0.305. The Morgan fingerprint density at radius 1 is 1.26 bits per heavy atom. The predicted octanol–water partition coefficient (Wildman–Crippen LogP) is 3.81. The van der Waals surface area contributed by atoms with Crippen molar-refractivity contribution < 1.29 is 18.1 Å². The second-order valence-corrected chi connectivity index (χ2v) is 7.12. The number of likely N-dealkylation sites (tertiary alicyclic amines) is 1. The molecule has 1 fully saturated rings. The topological polar surface area (TPSA) is 60.9 Å². The second-order valence-electron chi connectivity index (χ2n) is 5.45. The fourth-order valence-corrected chi connectivity index (χ4v) is 4.07. The highest BCUT2D eigenvalue weighted by Crippen LogP contribution is 2.49. The van der Waals surface area contributed by atoms with Gasteiger partial charge < -0.3 is 0 Å². The molecule has 0 saturated carbocycles. The largest absolute Gasteiger partial charge is 0.474 e. The van der Waals surface area contributed by atoms with Crippen LogP contribution in [0.1, 0.15) is 44.7 Å². The fraction of sp³-hybridized carbons (Fsp3) is 0.688. The van der Waals surface area contributed by atoms with Crippen LogP contribution in [-0.2, 0) is 18.1 Å². The Labute approximate surface area is 138 Å². The molecule has 0 aliphatic carbocycles. The molecule has 0 radical (unpaired) electrons. The van der Waals surface area contributed by atoms with Gasteiger partial charge in [-0.1, -0.05) is 12.5 Å². The van der Waals surface area contributed by atoms with Crippen molar-refractivity contribution in [2.45, 2.75) is 39.2 Å². The van der Waals surface area contributed by atoms with Crippen molar-refractivity contribution in [3.05, 3.63) is 30.1 Å². The molecule has 0 aromatic carbocycles. The van der Waals surface area contributed by atoms with E-state index in [2.05, 4.69) is 16.0 Å². The molecule has 0 spiro atoms. The van der Waals surface area contributed by atoms with E-state index < -0.39 is 7.82 Å². The first kappa shape index (κ1) is 18.6. The highest BCUT2D eigenvalue weighted by molar-refractivity contribution is 7.48. The lowest BCUT2D eigenvalue weighted by molar-refractivity contribution is 0.0862. The quantitative estimate of drug-likeness (QED) is 0.636. The Kier molecular flexibility index (Phi) is 7.66. The van der Waals surface area contributed by atoms with Gasteiger partial charge in [0.15, 0.2) is 0 Å². The van der Waals surface area contributed by atoms with Crippen LogP contribution in [0.2, 0.25) is 0 Å². The minimum atomic E-state index is -3.42. The van der Waals surface area contributed by atoms with Crippen molar-refractivity contribution in [1.82, 2.24) is 9.88 Å². The summed E-state index contributed by atoms with van der Waals surface area (Å²) in [5, 5.41) is 0. The number of pyridine rings is 1. The summed E-state index contributed by atoms with van der Waals surface area (Å²) < 4.78 is 28.1. The molecule has 7 heteroatoms. The van der Waals surface area contributed by atoms with E-state index in [1.807, 2.05) is 12.3 Å². The Morgan fingerprint density at radius 3 is 2.70 bits per heavy atom. The van der Waals surface area contributed by atoms with Gasteiger partial charge in [-0.05, 0) is 44.9 Å². The van der Waals surface area contributed by atoms with Gasteiger partial charge >= 0.3 is 7.82 Å². The number of hydrogen-bond donors (Lipinski definition) is 0. The standard InChI is InChI=1S/C16H27N2O4P/c1-3-20-23(19,21-4-2)22-13-12-18-11-6-5-9-16(18)15-8-7-10-17-14-15/h7-8,10,14,16H,3-6,9,11-13H2,1-2H3/t16-/m0/s1. The molecule has 2 rings (SSSR count). The van der Waals surface area contributed by atoms with Crippen LogP contribution < -0.4 is 0 Å². The molecular formula is C16H27N2O4P. The highest BCUT2D eigenvalue weighted by Gasteiger charge is 2.28. The molecule has 23 heavy (non-hydrogen) atoms. The molecule has 1 aromatic heterocycles. The zero-order valence-corrected chi connectivity index (χ0v) is 14.9. The molecule has 0 unspecified atom stereocenters. The summed E-state index contributed by atoms with van der Waals surface area (Å²) in [5.41, 5.74) is 1.23. The molecule has 1 atom stereocenters. The van der Waals surface area contributed by atoms with Crippen LogP contribution in [0.5, 0.6) is 0 Å². The van der Waals surface area contributed by atoms with Gasteiger partial charge in [-0.3, -0.25) is 23.5 Å². The molecule has 0 bridgehead atoms. The molecule has 0 amide bonds. The summed E-state index contributed by atoms with van der Waals surface area (Å²) in [5.74, 6) is 0.